The molecule has 0 radical (unpaired) electrons. The number of nitrogens with one attached hydrogen (secondary N) is 1. The van der Waals surface area contributed by atoms with Gasteiger partial charge in [-0.25, -0.2) is 13.2 Å². The van der Waals surface area contributed by atoms with Gasteiger partial charge in [-0.1, -0.05) is 12.1 Å². The number of carbonyl (C=O) groups is 1. The van der Waals surface area contributed by atoms with Crippen molar-refractivity contribution >= 4 is 17.3 Å². The van der Waals surface area contributed by atoms with Gasteiger partial charge in [-0.05, 0) is 12.1 Å². The molecule has 1 amide bonds. The molecule has 8 heteroatoms. The van der Waals surface area contributed by atoms with Crippen LogP contribution in [0.25, 0.3) is 0 Å². The SMILES string of the molecule is O=C(Nc1c(F)cc(F)cc1[N+](=O)[O-])c1ccccc1F. The third-order valence-corrected chi connectivity index (χ3v) is 2.59. The second-order valence-electron chi connectivity index (χ2n) is 3.97. The Morgan fingerprint density at radius 3 is 2.38 bits per heavy atom. The molecule has 2 aromatic carbocycles. The van der Waals surface area contributed by atoms with Crippen molar-refractivity contribution in [3.63, 3.8) is 0 Å². The number of anilines is 1. The lowest BCUT2D eigenvalue weighted by Gasteiger charge is -2.08. The predicted molar refractivity (Wildman–Crippen MR) is 67.4 cm³/mol. The molecule has 0 unspecified atom stereocenters. The zero-order valence-electron chi connectivity index (χ0n) is 10.3. The van der Waals surface area contributed by atoms with Gasteiger partial charge in [0.2, 0.25) is 0 Å². The van der Waals surface area contributed by atoms with Crippen molar-refractivity contribution < 1.29 is 22.9 Å². The van der Waals surface area contributed by atoms with E-state index in [9.17, 15) is 28.1 Å². The molecule has 0 bridgehead atoms. The Balaban J connectivity index is 2.42. The minimum atomic E-state index is -1.33. The molecule has 0 heterocycles. The average Bonchev–Trinajstić information content (AvgIpc) is 2.41. The van der Waals surface area contributed by atoms with Crippen molar-refractivity contribution in [2.75, 3.05) is 5.32 Å². The summed E-state index contributed by atoms with van der Waals surface area (Å²) in [6.45, 7) is 0. The van der Waals surface area contributed by atoms with Crippen LogP contribution in [-0.4, -0.2) is 10.8 Å². The lowest BCUT2D eigenvalue weighted by Crippen LogP contribution is -2.16. The number of nitro groups is 1. The minimum Gasteiger partial charge on any atom is -0.314 e. The highest BCUT2D eigenvalue weighted by Crippen LogP contribution is 2.29. The van der Waals surface area contributed by atoms with E-state index in [1.807, 2.05) is 5.32 Å². The number of nitro benzene ring substituents is 1. The standard InChI is InChI=1S/C13H7F3N2O3/c14-7-5-10(16)12(11(6-7)18(20)21)17-13(19)8-3-1-2-4-9(8)15/h1-6H,(H,17,19). The summed E-state index contributed by atoms with van der Waals surface area (Å²) >= 11 is 0. The van der Waals surface area contributed by atoms with E-state index in [0.29, 0.717) is 12.1 Å². The van der Waals surface area contributed by atoms with Crippen LogP contribution in [0.4, 0.5) is 24.5 Å². The average molecular weight is 296 g/mol. The van der Waals surface area contributed by atoms with Gasteiger partial charge in [0.15, 0.2) is 11.5 Å². The summed E-state index contributed by atoms with van der Waals surface area (Å²) in [7, 11) is 0. The maximum absolute atomic E-state index is 13.6. The van der Waals surface area contributed by atoms with E-state index in [0.717, 1.165) is 12.1 Å². The molecule has 0 saturated heterocycles. The van der Waals surface area contributed by atoms with Crippen molar-refractivity contribution in [2.45, 2.75) is 0 Å². The molecule has 0 aliphatic carbocycles. The maximum atomic E-state index is 13.6. The fourth-order valence-corrected chi connectivity index (χ4v) is 1.65. The first kappa shape index (κ1) is 14.5. The van der Waals surface area contributed by atoms with E-state index in [4.69, 9.17) is 0 Å². The number of hydrogen-bond acceptors (Lipinski definition) is 3. The summed E-state index contributed by atoms with van der Waals surface area (Å²) in [5.74, 6) is -4.45. The van der Waals surface area contributed by atoms with Gasteiger partial charge in [-0.15, -0.1) is 0 Å². The zero-order chi connectivity index (χ0) is 15.6. The predicted octanol–water partition coefficient (Wildman–Crippen LogP) is 3.26. The molecule has 21 heavy (non-hydrogen) atoms. The van der Waals surface area contributed by atoms with Crippen LogP contribution >= 0.6 is 0 Å². The second kappa shape index (κ2) is 5.61. The monoisotopic (exact) mass is 296 g/mol. The van der Waals surface area contributed by atoms with Crippen LogP contribution in [0.2, 0.25) is 0 Å². The maximum Gasteiger partial charge on any atom is 0.298 e. The Morgan fingerprint density at radius 1 is 1.10 bits per heavy atom. The molecule has 0 aliphatic heterocycles. The molecule has 5 nitrogen and oxygen atoms in total. The summed E-state index contributed by atoms with van der Waals surface area (Å²) in [6, 6.07) is 5.67. The molecule has 0 spiro atoms. The molecule has 2 aromatic rings. The van der Waals surface area contributed by atoms with E-state index in [1.54, 1.807) is 0 Å². The first-order chi connectivity index (χ1) is 9.90. The van der Waals surface area contributed by atoms with Gasteiger partial charge < -0.3 is 5.32 Å². The highest BCUT2D eigenvalue weighted by atomic mass is 19.1. The van der Waals surface area contributed by atoms with Crippen molar-refractivity contribution in [1.82, 2.24) is 0 Å². The molecule has 0 atom stereocenters. The fraction of sp³-hybridized carbons (Fsp3) is 0. The smallest absolute Gasteiger partial charge is 0.298 e. The molecule has 0 fully saturated rings. The lowest BCUT2D eigenvalue weighted by molar-refractivity contribution is -0.384. The second-order valence-corrected chi connectivity index (χ2v) is 3.97. The Bertz CT molecular complexity index is 735. The Hall–Kier alpha value is -2.90. The summed E-state index contributed by atoms with van der Waals surface area (Å²) in [4.78, 5) is 21.5. The number of benzene rings is 2. The number of carbonyl (C=O) groups excluding carboxylic acids is 1. The summed E-state index contributed by atoms with van der Waals surface area (Å²) in [6.07, 6.45) is 0. The minimum absolute atomic E-state index is 0.379. The number of nitrogens with zero attached hydrogens (tertiary/aromatic N) is 1. The molecule has 0 saturated carbocycles. The lowest BCUT2D eigenvalue weighted by atomic mass is 10.2. The van der Waals surface area contributed by atoms with Crippen LogP contribution in [-0.2, 0) is 0 Å². The van der Waals surface area contributed by atoms with Crippen LogP contribution in [0.5, 0.6) is 0 Å². The van der Waals surface area contributed by atoms with Gasteiger partial charge >= 0.3 is 0 Å². The van der Waals surface area contributed by atoms with Gasteiger partial charge in [0, 0.05) is 6.07 Å². The van der Waals surface area contributed by atoms with Gasteiger partial charge in [0.1, 0.15) is 11.6 Å². The van der Waals surface area contributed by atoms with Crippen LogP contribution in [0.15, 0.2) is 36.4 Å². The zero-order valence-corrected chi connectivity index (χ0v) is 10.3. The molecular weight excluding hydrogens is 289 g/mol. The Morgan fingerprint density at radius 2 is 1.76 bits per heavy atom. The fourth-order valence-electron chi connectivity index (χ4n) is 1.65. The van der Waals surface area contributed by atoms with E-state index >= 15 is 0 Å². The number of halogens is 3. The van der Waals surface area contributed by atoms with Crippen molar-refractivity contribution in [3.8, 4) is 0 Å². The number of amides is 1. The first-order valence-electron chi connectivity index (χ1n) is 5.59. The van der Waals surface area contributed by atoms with E-state index in [1.165, 1.54) is 12.1 Å². The van der Waals surface area contributed by atoms with Gasteiger partial charge in [-0.3, -0.25) is 14.9 Å². The summed E-state index contributed by atoms with van der Waals surface area (Å²) in [5.41, 5.74) is -2.21. The summed E-state index contributed by atoms with van der Waals surface area (Å²) in [5, 5.41) is 12.6. The van der Waals surface area contributed by atoms with Crippen molar-refractivity contribution in [2.24, 2.45) is 0 Å². The van der Waals surface area contributed by atoms with E-state index in [-0.39, 0.29) is 0 Å². The topological polar surface area (TPSA) is 72.2 Å². The highest BCUT2D eigenvalue weighted by Gasteiger charge is 2.23. The molecule has 0 aromatic heterocycles. The Kier molecular flexibility index (Phi) is 3.88. The van der Waals surface area contributed by atoms with Crippen LogP contribution in [0, 0.1) is 27.6 Å². The van der Waals surface area contributed by atoms with Gasteiger partial charge in [0.05, 0.1) is 16.6 Å². The number of hydrogen-bond donors (Lipinski definition) is 1. The van der Waals surface area contributed by atoms with Gasteiger partial charge in [-0.2, -0.15) is 0 Å². The molecule has 108 valence electrons. The van der Waals surface area contributed by atoms with Gasteiger partial charge in [0.25, 0.3) is 11.6 Å². The quantitative estimate of drug-likeness (QED) is 0.698. The molecule has 0 aliphatic rings. The third-order valence-electron chi connectivity index (χ3n) is 2.59. The van der Waals surface area contributed by atoms with E-state index < -0.39 is 45.2 Å². The normalized spacial score (nSPS) is 10.2. The van der Waals surface area contributed by atoms with Crippen LogP contribution in [0.1, 0.15) is 10.4 Å². The molecular formula is C13H7F3N2O3. The van der Waals surface area contributed by atoms with E-state index in [2.05, 4.69) is 0 Å². The van der Waals surface area contributed by atoms with Crippen LogP contribution in [0.3, 0.4) is 0 Å². The summed E-state index contributed by atoms with van der Waals surface area (Å²) < 4.78 is 40.0. The molecule has 2 rings (SSSR count). The van der Waals surface area contributed by atoms with Crippen LogP contribution < -0.4 is 5.32 Å². The first-order valence-corrected chi connectivity index (χ1v) is 5.59. The largest absolute Gasteiger partial charge is 0.314 e. The third kappa shape index (κ3) is 2.99. The van der Waals surface area contributed by atoms with Crippen molar-refractivity contribution in [3.05, 3.63) is 69.5 Å². The highest BCUT2D eigenvalue weighted by molar-refractivity contribution is 6.05. The Labute approximate surface area is 116 Å². The molecule has 1 N–H and O–H groups in total. The number of rotatable bonds is 3. The van der Waals surface area contributed by atoms with Crippen molar-refractivity contribution in [1.29, 1.82) is 0 Å².